The molecule has 0 radical (unpaired) electrons. The predicted molar refractivity (Wildman–Crippen MR) is 79.0 cm³/mol. The zero-order chi connectivity index (χ0) is 14.2. The average Bonchev–Trinajstić information content (AvgIpc) is 2.48. The maximum absolute atomic E-state index is 11.4. The molecule has 2 rings (SSSR count). The van der Waals surface area contributed by atoms with Gasteiger partial charge >= 0.3 is 6.09 Å². The summed E-state index contributed by atoms with van der Waals surface area (Å²) in [5.74, 6) is 0. The van der Waals surface area contributed by atoms with Crippen molar-refractivity contribution < 1.29 is 9.90 Å². The van der Waals surface area contributed by atoms with Gasteiger partial charge < -0.3 is 10.0 Å². The van der Waals surface area contributed by atoms with E-state index < -0.39 is 6.09 Å². The summed E-state index contributed by atoms with van der Waals surface area (Å²) >= 11 is 7.97. The maximum Gasteiger partial charge on any atom is 0.407 e. The molecule has 0 bridgehead atoms. The minimum atomic E-state index is -0.873. The number of carboxylic acid groups (broad SMARTS) is 1. The third-order valence-corrected chi connectivity index (χ3v) is 5.58. The molecule has 1 unspecified atom stereocenters. The molecule has 0 saturated carbocycles. The predicted octanol–water partition coefficient (Wildman–Crippen LogP) is 4.34. The molecule has 0 fully saturated rings. The smallest absolute Gasteiger partial charge is 0.407 e. The number of hydrogen-bond acceptors (Lipinski definition) is 2. The number of fused-ring (bicyclic) bond motifs is 1. The molecule has 0 aromatic heterocycles. The van der Waals surface area contributed by atoms with E-state index in [4.69, 9.17) is 11.6 Å². The summed E-state index contributed by atoms with van der Waals surface area (Å²) in [7, 11) is 0. The molecule has 104 valence electrons. The lowest BCUT2D eigenvalue weighted by Gasteiger charge is -2.31. The highest BCUT2D eigenvalue weighted by Gasteiger charge is 2.33. The van der Waals surface area contributed by atoms with Gasteiger partial charge in [-0.2, -0.15) is 0 Å². The Bertz CT molecular complexity index is 499. The lowest BCUT2D eigenvalue weighted by Crippen LogP contribution is -2.38. The monoisotopic (exact) mass is 299 g/mol. The highest BCUT2D eigenvalue weighted by molar-refractivity contribution is 8.00. The fourth-order valence-corrected chi connectivity index (χ4v) is 3.74. The molecule has 1 aromatic rings. The summed E-state index contributed by atoms with van der Waals surface area (Å²) in [6.07, 6.45) is -0.873. The van der Waals surface area contributed by atoms with Crippen molar-refractivity contribution in [2.45, 2.75) is 37.5 Å². The molecule has 1 aliphatic heterocycles. The number of hydrogen-bond donors (Lipinski definition) is 1. The van der Waals surface area contributed by atoms with Crippen LogP contribution in [0.2, 0.25) is 5.02 Å². The van der Waals surface area contributed by atoms with Crippen molar-refractivity contribution in [3.05, 3.63) is 28.8 Å². The van der Waals surface area contributed by atoms with Crippen molar-refractivity contribution in [2.75, 3.05) is 6.54 Å². The summed E-state index contributed by atoms with van der Waals surface area (Å²) in [5, 5.41) is 10.2. The molecular weight excluding hydrogens is 282 g/mol. The molecule has 1 aliphatic rings. The average molecular weight is 300 g/mol. The highest BCUT2D eigenvalue weighted by atomic mass is 35.5. The van der Waals surface area contributed by atoms with Crippen molar-refractivity contribution in [3.63, 3.8) is 0 Å². The summed E-state index contributed by atoms with van der Waals surface area (Å²) in [6, 6.07) is 5.69. The second-order valence-electron chi connectivity index (χ2n) is 5.86. The molecule has 3 nitrogen and oxygen atoms in total. The zero-order valence-corrected chi connectivity index (χ0v) is 12.9. The Morgan fingerprint density at radius 2 is 2.16 bits per heavy atom. The van der Waals surface area contributed by atoms with Crippen LogP contribution >= 0.6 is 23.4 Å². The van der Waals surface area contributed by atoms with E-state index in [2.05, 4.69) is 20.8 Å². The van der Waals surface area contributed by atoms with E-state index in [9.17, 15) is 9.90 Å². The van der Waals surface area contributed by atoms with Gasteiger partial charge in [-0.05, 0) is 17.0 Å². The number of halogens is 1. The molecule has 1 N–H and O–H groups in total. The number of amides is 1. The van der Waals surface area contributed by atoms with Crippen LogP contribution in [0.1, 0.15) is 26.3 Å². The van der Waals surface area contributed by atoms with Crippen LogP contribution in [0, 0.1) is 5.41 Å². The minimum Gasteiger partial charge on any atom is -0.465 e. The molecule has 0 aliphatic carbocycles. The first-order chi connectivity index (χ1) is 8.79. The van der Waals surface area contributed by atoms with Crippen LogP contribution in [-0.4, -0.2) is 27.9 Å². The minimum absolute atomic E-state index is 0.0130. The Labute approximate surface area is 122 Å². The van der Waals surface area contributed by atoms with E-state index in [1.54, 1.807) is 11.8 Å². The third kappa shape index (κ3) is 3.18. The summed E-state index contributed by atoms with van der Waals surface area (Å²) in [4.78, 5) is 13.9. The van der Waals surface area contributed by atoms with Crippen LogP contribution in [-0.2, 0) is 6.54 Å². The van der Waals surface area contributed by atoms with E-state index >= 15 is 0 Å². The summed E-state index contributed by atoms with van der Waals surface area (Å²) in [5.41, 5.74) is 1.01. The van der Waals surface area contributed by atoms with Crippen molar-refractivity contribution in [2.24, 2.45) is 5.41 Å². The van der Waals surface area contributed by atoms with Crippen LogP contribution in [0.15, 0.2) is 23.1 Å². The van der Waals surface area contributed by atoms with Gasteiger partial charge in [-0.1, -0.05) is 44.5 Å². The molecule has 0 saturated heterocycles. The van der Waals surface area contributed by atoms with Crippen LogP contribution < -0.4 is 0 Å². The number of rotatable bonds is 0. The van der Waals surface area contributed by atoms with Gasteiger partial charge in [-0.25, -0.2) is 4.79 Å². The van der Waals surface area contributed by atoms with Gasteiger partial charge in [-0.3, -0.25) is 0 Å². The number of carbonyl (C=O) groups is 1. The number of nitrogens with zero attached hydrogens (tertiary/aromatic N) is 1. The molecule has 1 aromatic carbocycles. The van der Waals surface area contributed by atoms with E-state index in [1.807, 2.05) is 18.2 Å². The van der Waals surface area contributed by atoms with Gasteiger partial charge in [0.15, 0.2) is 0 Å². The Morgan fingerprint density at radius 3 is 2.74 bits per heavy atom. The second kappa shape index (κ2) is 5.25. The van der Waals surface area contributed by atoms with Crippen LogP contribution in [0.25, 0.3) is 0 Å². The van der Waals surface area contributed by atoms with Crippen LogP contribution in [0.5, 0.6) is 0 Å². The first-order valence-electron chi connectivity index (χ1n) is 6.21. The van der Waals surface area contributed by atoms with Crippen molar-refractivity contribution in [1.29, 1.82) is 0 Å². The molecule has 5 heteroatoms. The standard InChI is InChI=1S/C14H18ClNO2S/c1-14(2,3)11-8-16(13(17)18)7-9-5-4-6-10(15)12(9)19-11/h4-6,11H,7-8H2,1-3H3,(H,17,18). The highest BCUT2D eigenvalue weighted by Crippen LogP contribution is 2.43. The molecule has 1 atom stereocenters. The van der Waals surface area contributed by atoms with Gasteiger partial charge in [-0.15, -0.1) is 11.8 Å². The first-order valence-corrected chi connectivity index (χ1v) is 7.46. The number of benzene rings is 1. The van der Waals surface area contributed by atoms with Gasteiger partial charge in [0.1, 0.15) is 0 Å². The van der Waals surface area contributed by atoms with Crippen molar-refractivity contribution in [3.8, 4) is 0 Å². The third-order valence-electron chi connectivity index (χ3n) is 3.29. The van der Waals surface area contributed by atoms with Gasteiger partial charge in [0.05, 0.1) is 11.6 Å². The van der Waals surface area contributed by atoms with E-state index in [0.717, 1.165) is 10.5 Å². The Kier molecular flexibility index (Phi) is 4.02. The second-order valence-corrected chi connectivity index (χ2v) is 7.48. The van der Waals surface area contributed by atoms with Gasteiger partial charge in [0.25, 0.3) is 0 Å². The fraction of sp³-hybridized carbons (Fsp3) is 0.500. The lowest BCUT2D eigenvalue weighted by atomic mass is 9.91. The normalized spacial score (nSPS) is 19.8. The van der Waals surface area contributed by atoms with Crippen LogP contribution in [0.3, 0.4) is 0 Å². The van der Waals surface area contributed by atoms with Crippen LogP contribution in [0.4, 0.5) is 4.79 Å². The van der Waals surface area contributed by atoms with Crippen molar-refractivity contribution in [1.82, 2.24) is 4.90 Å². The SMILES string of the molecule is CC(C)(C)C1CN(C(=O)O)Cc2cccc(Cl)c2S1. The van der Waals surface area contributed by atoms with E-state index in [0.29, 0.717) is 18.1 Å². The largest absolute Gasteiger partial charge is 0.465 e. The molecule has 1 heterocycles. The summed E-state index contributed by atoms with van der Waals surface area (Å²) in [6.45, 7) is 7.32. The molecule has 1 amide bonds. The molecule has 19 heavy (non-hydrogen) atoms. The van der Waals surface area contributed by atoms with Gasteiger partial charge in [0, 0.05) is 16.7 Å². The number of thioether (sulfide) groups is 1. The Balaban J connectivity index is 2.44. The van der Waals surface area contributed by atoms with E-state index in [-0.39, 0.29) is 10.7 Å². The van der Waals surface area contributed by atoms with Crippen molar-refractivity contribution >= 4 is 29.5 Å². The fourth-order valence-electron chi connectivity index (χ4n) is 2.06. The Hall–Kier alpha value is -0.870. The quantitative estimate of drug-likeness (QED) is 0.774. The zero-order valence-electron chi connectivity index (χ0n) is 11.3. The Morgan fingerprint density at radius 1 is 1.47 bits per heavy atom. The summed E-state index contributed by atoms with van der Waals surface area (Å²) < 4.78 is 0. The molecular formula is C14H18ClNO2S. The maximum atomic E-state index is 11.4. The molecule has 0 spiro atoms. The topological polar surface area (TPSA) is 40.5 Å². The first kappa shape index (κ1) is 14.5. The van der Waals surface area contributed by atoms with Gasteiger partial charge in [0.2, 0.25) is 0 Å². The lowest BCUT2D eigenvalue weighted by molar-refractivity contribution is 0.137. The van der Waals surface area contributed by atoms with E-state index in [1.165, 1.54) is 4.90 Å².